The van der Waals surface area contributed by atoms with Crippen LogP contribution in [0.2, 0.25) is 0 Å². The number of benzene rings is 1. The first-order valence-corrected chi connectivity index (χ1v) is 12.1. The van der Waals surface area contributed by atoms with Crippen LogP contribution in [0.15, 0.2) is 33.8 Å². The third-order valence-electron chi connectivity index (χ3n) is 4.85. The van der Waals surface area contributed by atoms with Gasteiger partial charge in [0.25, 0.3) is 5.50 Å². The summed E-state index contributed by atoms with van der Waals surface area (Å²) in [7, 11) is -2.33. The molecule has 1 fully saturated rings. The summed E-state index contributed by atoms with van der Waals surface area (Å²) < 4.78 is 11.5. The fraction of sp³-hybridized carbons (Fsp3) is 0.350. The molecule has 1 aromatic carbocycles. The Kier molecular flexibility index (Phi) is 5.25. The van der Waals surface area contributed by atoms with E-state index in [0.29, 0.717) is 54.5 Å². The zero-order valence-corrected chi connectivity index (χ0v) is 17.7. The minimum Gasteiger partial charge on any atom is -0.419 e. The molecule has 1 saturated heterocycles. The van der Waals surface area contributed by atoms with Gasteiger partial charge in [-0.3, -0.25) is 0 Å². The van der Waals surface area contributed by atoms with Crippen molar-refractivity contribution in [2.75, 3.05) is 44.5 Å². The second kappa shape index (κ2) is 7.71. The smallest absolute Gasteiger partial charge is 0.277 e. The van der Waals surface area contributed by atoms with Gasteiger partial charge < -0.3 is 19.9 Å². The molecule has 0 amide bonds. The maximum atomic E-state index is 10.5. The highest BCUT2D eigenvalue weighted by molar-refractivity contribution is 7.76. The molecular weight excluding hydrogens is 389 g/mol. The topological polar surface area (TPSA) is 110 Å². The van der Waals surface area contributed by atoms with Crippen LogP contribution in [0.4, 0.5) is 5.82 Å². The van der Waals surface area contributed by atoms with E-state index < -0.39 is 7.49 Å². The lowest BCUT2D eigenvalue weighted by Crippen LogP contribution is -2.37. The molecule has 0 radical (unpaired) electrons. The molecule has 1 aliphatic rings. The molecule has 0 bridgehead atoms. The number of fused-ring (bicyclic) bond motifs is 1. The third-order valence-corrected chi connectivity index (χ3v) is 6.15. The molecule has 1 aliphatic heterocycles. The number of aryl methyl sites for hydroxylation is 1. The highest BCUT2D eigenvalue weighted by Gasteiger charge is 2.32. The number of anilines is 1. The van der Waals surface area contributed by atoms with Gasteiger partial charge >= 0.3 is 0 Å². The Balaban J connectivity index is 1.94. The van der Waals surface area contributed by atoms with Crippen molar-refractivity contribution in [3.8, 4) is 11.4 Å². The zero-order chi connectivity index (χ0) is 20.6. The van der Waals surface area contributed by atoms with Gasteiger partial charge in [0.1, 0.15) is 5.52 Å². The summed E-state index contributed by atoms with van der Waals surface area (Å²) in [6, 6.07) is 7.80. The van der Waals surface area contributed by atoms with Gasteiger partial charge in [0.05, 0.1) is 38.8 Å². The molecule has 152 valence electrons. The number of hydrogen-bond acceptors (Lipinski definition) is 8. The van der Waals surface area contributed by atoms with Crippen LogP contribution in [0.1, 0.15) is 11.1 Å². The van der Waals surface area contributed by atoms with Gasteiger partial charge in [0, 0.05) is 24.2 Å². The fourth-order valence-electron chi connectivity index (χ4n) is 3.35. The minimum absolute atomic E-state index is 0.557. The summed E-state index contributed by atoms with van der Waals surface area (Å²) in [5, 5.41) is 3.69. The summed E-state index contributed by atoms with van der Waals surface area (Å²) in [5.74, 6) is 6.69. The predicted molar refractivity (Wildman–Crippen MR) is 117 cm³/mol. The van der Waals surface area contributed by atoms with Gasteiger partial charge in [-0.25, -0.2) is 14.9 Å². The Morgan fingerprint density at radius 1 is 1.21 bits per heavy atom. The lowest BCUT2D eigenvalue weighted by molar-refractivity contribution is 0.122. The molecule has 8 nitrogen and oxygen atoms in total. The summed E-state index contributed by atoms with van der Waals surface area (Å²) in [4.78, 5) is 22.3. The average molecular weight is 414 g/mol. The highest BCUT2D eigenvalue weighted by atomic mass is 31.2. The highest BCUT2D eigenvalue weighted by Crippen LogP contribution is 2.46. The minimum atomic E-state index is -2.33. The van der Waals surface area contributed by atoms with Crippen molar-refractivity contribution in [1.82, 2.24) is 9.97 Å². The number of furan rings is 1. The number of aromatic nitrogens is 2. The second-order valence-electron chi connectivity index (χ2n) is 7.53. The van der Waals surface area contributed by atoms with Crippen LogP contribution in [0.5, 0.6) is 0 Å². The normalized spacial score (nSPS) is 15.5. The van der Waals surface area contributed by atoms with E-state index in [1.54, 1.807) is 19.5 Å². The van der Waals surface area contributed by atoms with Crippen molar-refractivity contribution in [1.29, 1.82) is 0 Å². The molecule has 3 N–H and O–H groups in total. The van der Waals surface area contributed by atoms with Crippen LogP contribution in [0, 0.1) is 6.92 Å². The number of nitrogens with two attached hydrogens (primary N) is 1. The SMILES string of the molecule is Cc1ccc(-c2nc(N3CCOCC3)c3oc([P+](C)(C)O)cc3n2)c(/C=N\N)c1. The molecular formula is C20H25N5O3P+. The van der Waals surface area contributed by atoms with E-state index in [0.717, 1.165) is 16.7 Å². The van der Waals surface area contributed by atoms with E-state index in [1.165, 1.54) is 0 Å². The van der Waals surface area contributed by atoms with Gasteiger partial charge in [0.2, 0.25) is 7.49 Å². The summed E-state index contributed by atoms with van der Waals surface area (Å²) >= 11 is 0. The molecule has 29 heavy (non-hydrogen) atoms. The van der Waals surface area contributed by atoms with Crippen molar-refractivity contribution in [2.45, 2.75) is 6.92 Å². The third kappa shape index (κ3) is 3.96. The maximum Gasteiger partial charge on any atom is 0.277 e. The Labute approximate surface area is 169 Å². The van der Waals surface area contributed by atoms with Crippen LogP contribution >= 0.6 is 7.49 Å². The van der Waals surface area contributed by atoms with Crippen LogP contribution in [-0.4, -0.2) is 60.7 Å². The van der Waals surface area contributed by atoms with E-state index in [2.05, 4.69) is 10.0 Å². The van der Waals surface area contributed by atoms with Gasteiger partial charge in [-0.2, -0.15) is 5.10 Å². The second-order valence-corrected chi connectivity index (χ2v) is 10.8. The Morgan fingerprint density at radius 2 is 1.97 bits per heavy atom. The van der Waals surface area contributed by atoms with Gasteiger partial charge in [-0.15, -0.1) is 0 Å². The molecule has 4 rings (SSSR count). The quantitative estimate of drug-likeness (QED) is 0.291. The van der Waals surface area contributed by atoms with Gasteiger partial charge in [-0.1, -0.05) is 17.7 Å². The molecule has 0 saturated carbocycles. The van der Waals surface area contributed by atoms with E-state index in [4.69, 9.17) is 25.0 Å². The van der Waals surface area contributed by atoms with E-state index in [9.17, 15) is 4.89 Å². The Morgan fingerprint density at radius 3 is 2.66 bits per heavy atom. The Bertz CT molecular complexity index is 1070. The van der Waals surface area contributed by atoms with E-state index >= 15 is 0 Å². The lowest BCUT2D eigenvalue weighted by atomic mass is 10.0. The van der Waals surface area contributed by atoms with Gasteiger partial charge in [0.15, 0.2) is 17.2 Å². The first-order chi connectivity index (χ1) is 13.9. The van der Waals surface area contributed by atoms with Crippen LogP contribution in [0.25, 0.3) is 22.5 Å². The van der Waals surface area contributed by atoms with Crippen molar-refractivity contribution >= 4 is 36.1 Å². The molecule has 3 heterocycles. The maximum absolute atomic E-state index is 10.5. The van der Waals surface area contributed by atoms with E-state index in [-0.39, 0.29) is 0 Å². The molecule has 3 aromatic rings. The summed E-state index contributed by atoms with van der Waals surface area (Å²) in [6.45, 7) is 8.28. The van der Waals surface area contributed by atoms with Gasteiger partial charge in [-0.05, 0) is 13.0 Å². The molecule has 0 aliphatic carbocycles. The monoisotopic (exact) mass is 414 g/mol. The standard InChI is InChI=1S/C20H25N5O3P/c1-13-4-5-15(14(10-13)12-22-21)19-23-16-11-17(29(2,3)26)28-18(16)20(24-19)25-6-8-27-9-7-25/h4-5,10-12,26H,6-9,21H2,1-3H3/q+1/b22-12-. The summed E-state index contributed by atoms with van der Waals surface area (Å²) in [6.07, 6.45) is 1.60. The number of nitrogens with zero attached hydrogens (tertiary/aromatic N) is 4. The molecule has 0 atom stereocenters. The summed E-state index contributed by atoms with van der Waals surface area (Å²) in [5.41, 5.74) is 4.59. The fourth-order valence-corrected chi connectivity index (χ4v) is 4.11. The number of hydrazone groups is 1. The predicted octanol–water partition coefficient (Wildman–Crippen LogP) is 2.14. The first kappa shape index (κ1) is 19.8. The van der Waals surface area contributed by atoms with Crippen molar-refractivity contribution in [3.63, 3.8) is 0 Å². The Hall–Kier alpha value is -2.54. The lowest BCUT2D eigenvalue weighted by Gasteiger charge is -2.27. The largest absolute Gasteiger partial charge is 0.419 e. The first-order valence-electron chi connectivity index (χ1n) is 9.42. The van der Waals surface area contributed by atoms with Crippen LogP contribution < -0.4 is 16.2 Å². The number of morpholine rings is 1. The van der Waals surface area contributed by atoms with Crippen molar-refractivity contribution < 1.29 is 14.0 Å². The van der Waals surface area contributed by atoms with Crippen LogP contribution in [0.3, 0.4) is 0 Å². The van der Waals surface area contributed by atoms with Crippen LogP contribution in [-0.2, 0) is 4.74 Å². The molecule has 2 aromatic heterocycles. The zero-order valence-electron chi connectivity index (χ0n) is 16.8. The van der Waals surface area contributed by atoms with E-state index in [1.807, 2.05) is 31.2 Å². The molecule has 0 unspecified atom stereocenters. The average Bonchev–Trinajstić information content (AvgIpc) is 3.13. The number of ether oxygens (including phenoxy) is 1. The number of hydrogen-bond donors (Lipinski definition) is 2. The molecule has 9 heteroatoms. The number of rotatable bonds is 4. The van der Waals surface area contributed by atoms with Crippen molar-refractivity contribution in [2.24, 2.45) is 10.9 Å². The molecule has 0 spiro atoms. The van der Waals surface area contributed by atoms with Crippen molar-refractivity contribution in [3.05, 3.63) is 35.4 Å².